The van der Waals surface area contributed by atoms with E-state index < -0.39 is 6.10 Å². The van der Waals surface area contributed by atoms with E-state index in [0.29, 0.717) is 19.3 Å². The lowest BCUT2D eigenvalue weighted by Crippen LogP contribution is -2.30. The van der Waals surface area contributed by atoms with Gasteiger partial charge in [-0.3, -0.25) is 14.4 Å². The van der Waals surface area contributed by atoms with Crippen molar-refractivity contribution >= 4 is 17.9 Å². The van der Waals surface area contributed by atoms with Gasteiger partial charge >= 0.3 is 17.9 Å². The lowest BCUT2D eigenvalue weighted by molar-refractivity contribution is -0.167. The number of esters is 3. The summed E-state index contributed by atoms with van der Waals surface area (Å²) in [5.41, 5.74) is 0. The highest BCUT2D eigenvalue weighted by Gasteiger charge is 2.19. The van der Waals surface area contributed by atoms with Crippen LogP contribution in [0.5, 0.6) is 0 Å². The van der Waals surface area contributed by atoms with Crippen LogP contribution >= 0.6 is 0 Å². The molecule has 6 heteroatoms. The van der Waals surface area contributed by atoms with E-state index in [1.165, 1.54) is 212 Å². The minimum absolute atomic E-state index is 0.0766. The second kappa shape index (κ2) is 60.9. The van der Waals surface area contributed by atoms with Gasteiger partial charge in [0.2, 0.25) is 0 Å². The number of hydrogen-bond acceptors (Lipinski definition) is 6. The van der Waals surface area contributed by atoms with E-state index in [0.717, 1.165) is 83.5 Å². The third-order valence-corrected chi connectivity index (χ3v) is 14.0. The Morgan fingerprint density at radius 1 is 0.278 bits per heavy atom. The molecule has 6 nitrogen and oxygen atoms in total. The highest BCUT2D eigenvalue weighted by atomic mass is 16.6. The fourth-order valence-corrected chi connectivity index (χ4v) is 9.24. The summed E-state index contributed by atoms with van der Waals surface area (Å²) >= 11 is 0. The van der Waals surface area contributed by atoms with E-state index in [-0.39, 0.29) is 31.1 Å². The second-order valence-corrected chi connectivity index (χ2v) is 21.3. The molecular formula is C66H120O6. The zero-order valence-electron chi connectivity index (χ0n) is 48.2. The van der Waals surface area contributed by atoms with E-state index in [2.05, 4.69) is 69.4 Å². The van der Waals surface area contributed by atoms with Crippen molar-refractivity contribution in [3.8, 4) is 0 Å². The van der Waals surface area contributed by atoms with Crippen molar-refractivity contribution in [2.75, 3.05) is 13.2 Å². The molecule has 0 aliphatic carbocycles. The highest BCUT2D eigenvalue weighted by Crippen LogP contribution is 2.17. The lowest BCUT2D eigenvalue weighted by atomic mass is 10.0. The highest BCUT2D eigenvalue weighted by molar-refractivity contribution is 5.71. The van der Waals surface area contributed by atoms with E-state index in [1.54, 1.807) is 0 Å². The van der Waals surface area contributed by atoms with Gasteiger partial charge in [0.05, 0.1) is 0 Å². The molecule has 0 aliphatic heterocycles. The molecule has 1 atom stereocenters. The number of carbonyl (C=O) groups excluding carboxylic acids is 3. The van der Waals surface area contributed by atoms with E-state index >= 15 is 0 Å². The molecule has 0 aliphatic rings. The van der Waals surface area contributed by atoms with Crippen molar-refractivity contribution < 1.29 is 28.6 Å². The molecule has 0 saturated heterocycles. The largest absolute Gasteiger partial charge is 0.462 e. The predicted octanol–water partition coefficient (Wildman–Crippen LogP) is 21.4. The normalized spacial score (nSPS) is 12.3. The van der Waals surface area contributed by atoms with Gasteiger partial charge < -0.3 is 14.2 Å². The molecule has 0 N–H and O–H groups in total. The summed E-state index contributed by atoms with van der Waals surface area (Å²) in [6, 6.07) is 0. The van der Waals surface area contributed by atoms with Gasteiger partial charge in [-0.15, -0.1) is 0 Å². The number of allylic oxidation sites excluding steroid dienone is 8. The first-order valence-electron chi connectivity index (χ1n) is 31.6. The van der Waals surface area contributed by atoms with Gasteiger partial charge in [0, 0.05) is 19.3 Å². The molecule has 0 radical (unpaired) electrons. The van der Waals surface area contributed by atoms with E-state index in [9.17, 15) is 14.4 Å². The third-order valence-electron chi connectivity index (χ3n) is 14.0. The van der Waals surface area contributed by atoms with Crippen LogP contribution < -0.4 is 0 Å². The fourth-order valence-electron chi connectivity index (χ4n) is 9.24. The summed E-state index contributed by atoms with van der Waals surface area (Å²) in [7, 11) is 0. The molecule has 0 fully saturated rings. The Balaban J connectivity index is 4.17. The van der Waals surface area contributed by atoms with Crippen LogP contribution in [-0.2, 0) is 28.6 Å². The van der Waals surface area contributed by atoms with Crippen LogP contribution in [0.15, 0.2) is 48.6 Å². The minimum atomic E-state index is -0.779. The Morgan fingerprint density at radius 3 is 0.861 bits per heavy atom. The number of hydrogen-bond donors (Lipinski definition) is 0. The standard InChI is InChI=1S/C66H120O6/c1-4-7-10-13-16-19-22-24-26-28-29-30-31-32-33-34-35-36-37-39-40-42-44-47-50-53-56-59-65(68)71-62-63(61-70-64(67)58-55-52-49-46-21-18-15-12-9-6-3)72-66(69)60-57-54-51-48-45-43-41-38-27-25-23-20-17-14-11-8-5-2/h12,15,17,20,25,27-29,63H,4-11,13-14,16,18-19,21-24,26,30-62H2,1-3H3/b15-12-,20-17-,27-25-,29-28-. The van der Waals surface area contributed by atoms with Crippen LogP contribution in [0, 0.1) is 0 Å². The first-order chi connectivity index (χ1) is 35.5. The van der Waals surface area contributed by atoms with Gasteiger partial charge in [-0.1, -0.05) is 268 Å². The van der Waals surface area contributed by atoms with Crippen molar-refractivity contribution in [1.82, 2.24) is 0 Å². The monoisotopic (exact) mass is 1010 g/mol. The third kappa shape index (κ3) is 58.3. The van der Waals surface area contributed by atoms with Crippen molar-refractivity contribution in [3.05, 3.63) is 48.6 Å². The minimum Gasteiger partial charge on any atom is -0.462 e. The molecular weight excluding hydrogens is 889 g/mol. The van der Waals surface area contributed by atoms with Crippen molar-refractivity contribution in [1.29, 1.82) is 0 Å². The van der Waals surface area contributed by atoms with E-state index in [1.807, 2.05) is 0 Å². The molecule has 1 unspecified atom stereocenters. The topological polar surface area (TPSA) is 78.9 Å². The maximum Gasteiger partial charge on any atom is 0.306 e. The van der Waals surface area contributed by atoms with Gasteiger partial charge in [-0.2, -0.15) is 0 Å². The predicted molar refractivity (Wildman–Crippen MR) is 312 cm³/mol. The van der Waals surface area contributed by atoms with Crippen LogP contribution in [-0.4, -0.2) is 37.2 Å². The molecule has 0 saturated carbocycles. The molecule has 72 heavy (non-hydrogen) atoms. The summed E-state index contributed by atoms with van der Waals surface area (Å²) < 4.78 is 16.9. The first-order valence-corrected chi connectivity index (χ1v) is 31.6. The maximum absolute atomic E-state index is 12.9. The average Bonchev–Trinajstić information content (AvgIpc) is 3.38. The van der Waals surface area contributed by atoms with Gasteiger partial charge in [0.25, 0.3) is 0 Å². The Bertz CT molecular complexity index is 1250. The summed E-state index contributed by atoms with van der Waals surface area (Å²) in [6.07, 6.45) is 75.6. The molecule has 0 rings (SSSR count). The number of ether oxygens (including phenoxy) is 3. The molecule has 420 valence electrons. The average molecular weight is 1010 g/mol. The van der Waals surface area contributed by atoms with Gasteiger partial charge in [-0.05, 0) is 96.3 Å². The maximum atomic E-state index is 12.9. The molecule has 0 aromatic heterocycles. The van der Waals surface area contributed by atoms with Gasteiger partial charge in [0.15, 0.2) is 6.10 Å². The zero-order valence-corrected chi connectivity index (χ0v) is 48.2. The quantitative estimate of drug-likeness (QED) is 0.0261. The van der Waals surface area contributed by atoms with Crippen LogP contribution in [0.3, 0.4) is 0 Å². The Morgan fingerprint density at radius 2 is 0.528 bits per heavy atom. The Kier molecular flexibility index (Phi) is 58.7. The van der Waals surface area contributed by atoms with Crippen LogP contribution in [0.1, 0.15) is 335 Å². The molecule has 0 amide bonds. The second-order valence-electron chi connectivity index (χ2n) is 21.3. The van der Waals surface area contributed by atoms with Gasteiger partial charge in [0.1, 0.15) is 13.2 Å². The molecule has 0 bridgehead atoms. The SMILES string of the molecule is CCC/C=C\CCCCCCCC(=O)OCC(COC(=O)CCCCCCCCCCCCCCCCC/C=C\CCCCCCCCCC)OC(=O)CCCCCCCCC/C=C\C/C=C\CCCCC. The van der Waals surface area contributed by atoms with Crippen LogP contribution in [0.25, 0.3) is 0 Å². The first kappa shape index (κ1) is 69.4. The Hall–Kier alpha value is -2.63. The van der Waals surface area contributed by atoms with Crippen molar-refractivity contribution in [3.63, 3.8) is 0 Å². The summed E-state index contributed by atoms with van der Waals surface area (Å²) in [4.78, 5) is 38.2. The number of rotatable bonds is 58. The molecule has 0 aromatic carbocycles. The lowest BCUT2D eigenvalue weighted by Gasteiger charge is -2.18. The molecule has 0 aromatic rings. The zero-order chi connectivity index (χ0) is 52.2. The number of carbonyl (C=O) groups is 3. The van der Waals surface area contributed by atoms with E-state index in [4.69, 9.17) is 14.2 Å². The summed E-state index contributed by atoms with van der Waals surface area (Å²) in [5, 5.41) is 0. The fraction of sp³-hybridized carbons (Fsp3) is 0.833. The van der Waals surface area contributed by atoms with Crippen molar-refractivity contribution in [2.45, 2.75) is 341 Å². The van der Waals surface area contributed by atoms with Gasteiger partial charge in [-0.25, -0.2) is 0 Å². The summed E-state index contributed by atoms with van der Waals surface area (Å²) in [6.45, 7) is 6.58. The van der Waals surface area contributed by atoms with Crippen LogP contribution in [0.4, 0.5) is 0 Å². The molecule has 0 heterocycles. The Labute approximate surface area is 448 Å². The number of unbranched alkanes of at least 4 members (excludes halogenated alkanes) is 39. The smallest absolute Gasteiger partial charge is 0.306 e. The van der Waals surface area contributed by atoms with Crippen molar-refractivity contribution in [2.24, 2.45) is 0 Å². The molecule has 0 spiro atoms. The summed E-state index contributed by atoms with van der Waals surface area (Å²) in [5.74, 6) is -0.880. The van der Waals surface area contributed by atoms with Crippen LogP contribution in [0.2, 0.25) is 0 Å².